The second-order valence-corrected chi connectivity index (χ2v) is 6.61. The van der Waals surface area contributed by atoms with Crippen LogP contribution in [0.15, 0.2) is 0 Å². The van der Waals surface area contributed by atoms with Gasteiger partial charge in [-0.1, -0.05) is 41.5 Å². The van der Waals surface area contributed by atoms with Crippen molar-refractivity contribution < 1.29 is 0 Å². The smallest absolute Gasteiger partial charge is 0.00106 e. The van der Waals surface area contributed by atoms with Gasteiger partial charge in [0.15, 0.2) is 0 Å². The van der Waals surface area contributed by atoms with Crippen molar-refractivity contribution in [3.05, 3.63) is 0 Å². The summed E-state index contributed by atoms with van der Waals surface area (Å²) in [6.45, 7) is 17.3. The first kappa shape index (κ1) is 16.9. The van der Waals surface area contributed by atoms with Crippen LogP contribution in [-0.2, 0) is 0 Å². The number of nitrogens with one attached hydrogen (secondary N) is 1. The minimum Gasteiger partial charge on any atom is -0.314 e. The molecule has 2 nitrogen and oxygen atoms in total. The second-order valence-electron chi connectivity index (χ2n) is 6.61. The average molecular weight is 242 g/mol. The first-order chi connectivity index (χ1) is 7.79. The van der Waals surface area contributed by atoms with Crippen molar-refractivity contribution in [2.75, 3.05) is 26.7 Å². The summed E-state index contributed by atoms with van der Waals surface area (Å²) in [5, 5.41) is 3.58. The molecule has 0 aromatic carbocycles. The van der Waals surface area contributed by atoms with Crippen LogP contribution in [0.2, 0.25) is 0 Å². The summed E-state index contributed by atoms with van der Waals surface area (Å²) in [7, 11) is 2.24. The molecule has 0 aliphatic heterocycles. The molecule has 0 heterocycles. The maximum absolute atomic E-state index is 3.58. The van der Waals surface area contributed by atoms with Gasteiger partial charge in [0.05, 0.1) is 0 Å². The third-order valence-corrected chi connectivity index (χ3v) is 3.56. The highest BCUT2D eigenvalue weighted by molar-refractivity contribution is 4.77. The molecule has 17 heavy (non-hydrogen) atoms. The van der Waals surface area contributed by atoms with E-state index in [0.717, 1.165) is 12.5 Å². The summed E-state index contributed by atoms with van der Waals surface area (Å²) in [5.41, 5.74) is 0.440. The van der Waals surface area contributed by atoms with Crippen molar-refractivity contribution in [1.29, 1.82) is 0 Å². The highest BCUT2D eigenvalue weighted by atomic mass is 15.1. The molecule has 0 fully saturated rings. The monoisotopic (exact) mass is 242 g/mol. The lowest BCUT2D eigenvalue weighted by atomic mass is 9.83. The minimum absolute atomic E-state index is 0.440. The zero-order valence-corrected chi connectivity index (χ0v) is 13.1. The van der Waals surface area contributed by atoms with E-state index in [-0.39, 0.29) is 0 Å². The molecular formula is C15H34N2. The number of hydrogen-bond acceptors (Lipinski definition) is 2. The van der Waals surface area contributed by atoms with Crippen molar-refractivity contribution in [2.45, 2.75) is 60.4 Å². The van der Waals surface area contributed by atoms with Crippen LogP contribution in [0.25, 0.3) is 0 Å². The summed E-state index contributed by atoms with van der Waals surface area (Å²) in [6, 6.07) is 0.592. The van der Waals surface area contributed by atoms with E-state index in [1.165, 1.54) is 25.9 Å². The highest BCUT2D eigenvalue weighted by Gasteiger charge is 2.22. The third kappa shape index (κ3) is 8.62. The lowest BCUT2D eigenvalue weighted by Crippen LogP contribution is -2.38. The average Bonchev–Trinajstić information content (AvgIpc) is 2.23. The fourth-order valence-electron chi connectivity index (χ4n) is 2.02. The van der Waals surface area contributed by atoms with Crippen molar-refractivity contribution in [2.24, 2.45) is 11.3 Å². The number of hydrogen-bond donors (Lipinski definition) is 1. The van der Waals surface area contributed by atoms with E-state index in [1.54, 1.807) is 0 Å². The molecular weight excluding hydrogens is 208 g/mol. The van der Waals surface area contributed by atoms with E-state index in [2.05, 4.69) is 58.8 Å². The fraction of sp³-hybridized carbons (Fsp3) is 1.00. The van der Waals surface area contributed by atoms with Crippen LogP contribution in [0, 0.1) is 11.3 Å². The van der Waals surface area contributed by atoms with E-state index in [0.29, 0.717) is 11.5 Å². The van der Waals surface area contributed by atoms with E-state index in [4.69, 9.17) is 0 Å². The van der Waals surface area contributed by atoms with Crippen LogP contribution >= 0.6 is 0 Å². The Morgan fingerprint density at radius 2 is 1.76 bits per heavy atom. The van der Waals surface area contributed by atoms with Gasteiger partial charge in [0.1, 0.15) is 0 Å². The summed E-state index contributed by atoms with van der Waals surface area (Å²) in [6.07, 6.45) is 2.54. The van der Waals surface area contributed by atoms with Crippen LogP contribution in [0.3, 0.4) is 0 Å². The standard InChI is InChI=1S/C15H34N2/c1-8-15(6,12-16-14(4)5)9-10-17(7)11-13(2)3/h13-14,16H,8-12H2,1-7H3. The Labute approximate surface area is 109 Å². The van der Waals surface area contributed by atoms with Crippen LogP contribution in [-0.4, -0.2) is 37.6 Å². The van der Waals surface area contributed by atoms with Gasteiger partial charge in [0.25, 0.3) is 0 Å². The molecule has 0 saturated heterocycles. The Morgan fingerprint density at radius 3 is 2.18 bits per heavy atom. The normalized spacial score (nSPS) is 15.9. The molecule has 0 aliphatic carbocycles. The summed E-state index contributed by atoms with van der Waals surface area (Å²) < 4.78 is 0. The van der Waals surface area contributed by atoms with Gasteiger partial charge in [-0.15, -0.1) is 0 Å². The van der Waals surface area contributed by atoms with Crippen LogP contribution < -0.4 is 5.32 Å². The third-order valence-electron chi connectivity index (χ3n) is 3.56. The van der Waals surface area contributed by atoms with E-state index >= 15 is 0 Å². The fourth-order valence-corrected chi connectivity index (χ4v) is 2.02. The quantitative estimate of drug-likeness (QED) is 0.667. The Balaban J connectivity index is 4.01. The molecule has 0 aromatic heterocycles. The second kappa shape index (κ2) is 8.10. The molecule has 2 heteroatoms. The predicted octanol–water partition coefficient (Wildman–Crippen LogP) is 3.38. The van der Waals surface area contributed by atoms with Crippen molar-refractivity contribution in [3.8, 4) is 0 Å². The van der Waals surface area contributed by atoms with Crippen molar-refractivity contribution >= 4 is 0 Å². The van der Waals surface area contributed by atoms with Crippen molar-refractivity contribution in [3.63, 3.8) is 0 Å². The molecule has 0 radical (unpaired) electrons. The topological polar surface area (TPSA) is 15.3 Å². The molecule has 0 rings (SSSR count). The van der Waals surface area contributed by atoms with Gasteiger partial charge in [0.2, 0.25) is 0 Å². The first-order valence-corrected chi connectivity index (χ1v) is 7.21. The Hall–Kier alpha value is -0.0800. The van der Waals surface area contributed by atoms with E-state index in [1.807, 2.05) is 0 Å². The van der Waals surface area contributed by atoms with Gasteiger partial charge in [-0.3, -0.25) is 0 Å². The van der Waals surface area contributed by atoms with Gasteiger partial charge < -0.3 is 10.2 Å². The zero-order chi connectivity index (χ0) is 13.5. The number of nitrogens with zero attached hydrogens (tertiary/aromatic N) is 1. The molecule has 0 spiro atoms. The molecule has 1 unspecified atom stereocenters. The summed E-state index contributed by atoms with van der Waals surface area (Å²) in [4.78, 5) is 2.47. The van der Waals surface area contributed by atoms with Crippen LogP contribution in [0.5, 0.6) is 0 Å². The van der Waals surface area contributed by atoms with Gasteiger partial charge in [0, 0.05) is 19.1 Å². The lowest BCUT2D eigenvalue weighted by Gasteiger charge is -2.32. The SMILES string of the molecule is CCC(C)(CCN(C)CC(C)C)CNC(C)C. The Kier molecular flexibility index (Phi) is 8.06. The Morgan fingerprint density at radius 1 is 1.18 bits per heavy atom. The Bertz CT molecular complexity index is 189. The van der Waals surface area contributed by atoms with Crippen LogP contribution in [0.1, 0.15) is 54.4 Å². The van der Waals surface area contributed by atoms with Gasteiger partial charge in [-0.05, 0) is 37.8 Å². The first-order valence-electron chi connectivity index (χ1n) is 7.21. The van der Waals surface area contributed by atoms with Gasteiger partial charge >= 0.3 is 0 Å². The highest BCUT2D eigenvalue weighted by Crippen LogP contribution is 2.25. The lowest BCUT2D eigenvalue weighted by molar-refractivity contribution is 0.203. The molecule has 104 valence electrons. The number of rotatable bonds is 9. The molecule has 1 atom stereocenters. The molecule has 0 aliphatic rings. The van der Waals surface area contributed by atoms with E-state index < -0.39 is 0 Å². The largest absolute Gasteiger partial charge is 0.314 e. The molecule has 1 N–H and O–H groups in total. The maximum Gasteiger partial charge on any atom is 0.00106 e. The summed E-state index contributed by atoms with van der Waals surface area (Å²) >= 11 is 0. The van der Waals surface area contributed by atoms with Crippen LogP contribution in [0.4, 0.5) is 0 Å². The van der Waals surface area contributed by atoms with E-state index in [9.17, 15) is 0 Å². The van der Waals surface area contributed by atoms with Gasteiger partial charge in [-0.25, -0.2) is 0 Å². The molecule has 0 aromatic rings. The maximum atomic E-state index is 3.58. The molecule has 0 saturated carbocycles. The van der Waals surface area contributed by atoms with Gasteiger partial charge in [-0.2, -0.15) is 0 Å². The summed E-state index contributed by atoms with van der Waals surface area (Å²) in [5.74, 6) is 0.765. The molecule has 0 bridgehead atoms. The molecule has 0 amide bonds. The van der Waals surface area contributed by atoms with Crippen molar-refractivity contribution in [1.82, 2.24) is 10.2 Å². The minimum atomic E-state index is 0.440. The predicted molar refractivity (Wildman–Crippen MR) is 78.5 cm³/mol. The zero-order valence-electron chi connectivity index (χ0n) is 13.1.